The SMILES string of the molecule is CC(C)(C)OC(=O)N1[CH]CC(Oc2ccc3ccccc3c2)C1. The highest BCUT2D eigenvalue weighted by molar-refractivity contribution is 5.83. The van der Waals surface area contributed by atoms with Crippen molar-refractivity contribution < 1.29 is 14.3 Å². The van der Waals surface area contributed by atoms with Crippen molar-refractivity contribution in [3.63, 3.8) is 0 Å². The first-order chi connectivity index (χ1) is 10.9. The lowest BCUT2D eigenvalue weighted by molar-refractivity contribution is 0.0309. The summed E-state index contributed by atoms with van der Waals surface area (Å²) in [7, 11) is 0. The molecule has 0 N–H and O–H groups in total. The third-order valence-corrected chi connectivity index (χ3v) is 3.64. The molecule has 4 nitrogen and oxygen atoms in total. The fourth-order valence-corrected chi connectivity index (χ4v) is 2.60. The number of carbonyl (C=O) groups excluding carboxylic acids is 1. The summed E-state index contributed by atoms with van der Waals surface area (Å²) >= 11 is 0. The van der Waals surface area contributed by atoms with Gasteiger partial charge in [-0.3, -0.25) is 4.90 Å². The fraction of sp³-hybridized carbons (Fsp3) is 0.368. The monoisotopic (exact) mass is 312 g/mol. The van der Waals surface area contributed by atoms with Gasteiger partial charge in [0.25, 0.3) is 0 Å². The number of likely N-dealkylation sites (tertiary alicyclic amines) is 1. The van der Waals surface area contributed by atoms with Crippen molar-refractivity contribution >= 4 is 16.9 Å². The Labute approximate surface area is 137 Å². The smallest absolute Gasteiger partial charge is 0.410 e. The minimum Gasteiger partial charge on any atom is -0.488 e. The highest BCUT2D eigenvalue weighted by atomic mass is 16.6. The summed E-state index contributed by atoms with van der Waals surface area (Å²) in [4.78, 5) is 13.6. The molecule has 2 aromatic rings. The van der Waals surface area contributed by atoms with E-state index in [1.165, 1.54) is 5.39 Å². The zero-order valence-electron chi connectivity index (χ0n) is 13.8. The number of carbonyl (C=O) groups is 1. The van der Waals surface area contributed by atoms with Crippen LogP contribution in [0.1, 0.15) is 27.2 Å². The van der Waals surface area contributed by atoms with Crippen LogP contribution in [0.2, 0.25) is 0 Å². The van der Waals surface area contributed by atoms with Crippen LogP contribution < -0.4 is 4.74 Å². The van der Waals surface area contributed by atoms with E-state index in [-0.39, 0.29) is 12.2 Å². The van der Waals surface area contributed by atoms with Gasteiger partial charge in [0.1, 0.15) is 17.5 Å². The van der Waals surface area contributed by atoms with E-state index in [4.69, 9.17) is 9.47 Å². The Hall–Kier alpha value is -2.23. The fourth-order valence-electron chi connectivity index (χ4n) is 2.60. The summed E-state index contributed by atoms with van der Waals surface area (Å²) in [6, 6.07) is 14.2. The second kappa shape index (κ2) is 6.11. The molecule has 1 heterocycles. The Kier molecular flexibility index (Phi) is 4.16. The highest BCUT2D eigenvalue weighted by Crippen LogP contribution is 2.25. The molecular weight excluding hydrogens is 290 g/mol. The van der Waals surface area contributed by atoms with Gasteiger partial charge in [0.05, 0.1) is 13.1 Å². The topological polar surface area (TPSA) is 38.8 Å². The molecule has 0 aliphatic carbocycles. The number of fused-ring (bicyclic) bond motifs is 1. The van der Waals surface area contributed by atoms with E-state index in [2.05, 4.69) is 18.2 Å². The van der Waals surface area contributed by atoms with Gasteiger partial charge in [0.2, 0.25) is 0 Å². The largest absolute Gasteiger partial charge is 0.488 e. The van der Waals surface area contributed by atoms with Gasteiger partial charge in [-0.2, -0.15) is 0 Å². The standard InChI is InChI=1S/C19H22NO3/c1-19(2,3)23-18(21)20-11-10-17(13-20)22-16-9-8-14-6-4-5-7-15(14)12-16/h4-9,11-12,17H,10,13H2,1-3H3. The first-order valence-electron chi connectivity index (χ1n) is 7.89. The second-order valence-electron chi connectivity index (χ2n) is 6.80. The average Bonchev–Trinajstić information content (AvgIpc) is 2.94. The summed E-state index contributed by atoms with van der Waals surface area (Å²) < 4.78 is 11.4. The maximum Gasteiger partial charge on any atom is 0.410 e. The van der Waals surface area contributed by atoms with Gasteiger partial charge in [-0.15, -0.1) is 0 Å². The average molecular weight is 312 g/mol. The van der Waals surface area contributed by atoms with E-state index in [1.54, 1.807) is 4.90 Å². The lowest BCUT2D eigenvalue weighted by Crippen LogP contribution is -2.35. The first kappa shape index (κ1) is 15.7. The number of rotatable bonds is 2. The summed E-state index contributed by atoms with van der Waals surface area (Å²) in [6.45, 7) is 7.96. The van der Waals surface area contributed by atoms with Crippen LogP contribution in [0.15, 0.2) is 42.5 Å². The molecule has 1 saturated heterocycles. The van der Waals surface area contributed by atoms with Crippen molar-refractivity contribution in [1.82, 2.24) is 4.90 Å². The number of nitrogens with zero attached hydrogens (tertiary/aromatic N) is 1. The van der Waals surface area contributed by atoms with Crippen LogP contribution in [0.5, 0.6) is 5.75 Å². The van der Waals surface area contributed by atoms with Crippen LogP contribution in [-0.4, -0.2) is 29.2 Å². The summed E-state index contributed by atoms with van der Waals surface area (Å²) in [5.74, 6) is 0.827. The molecule has 0 spiro atoms. The van der Waals surface area contributed by atoms with Gasteiger partial charge in [-0.05, 0) is 43.7 Å². The van der Waals surface area contributed by atoms with Gasteiger partial charge in [-0.1, -0.05) is 30.3 Å². The van der Waals surface area contributed by atoms with Crippen molar-refractivity contribution in [2.75, 3.05) is 6.54 Å². The molecular formula is C19H22NO3. The van der Waals surface area contributed by atoms with E-state index in [9.17, 15) is 4.79 Å². The second-order valence-corrected chi connectivity index (χ2v) is 6.80. The molecule has 4 heteroatoms. The van der Waals surface area contributed by atoms with E-state index >= 15 is 0 Å². The van der Waals surface area contributed by atoms with Crippen molar-refractivity contribution in [3.05, 3.63) is 49.0 Å². The van der Waals surface area contributed by atoms with Crippen molar-refractivity contribution in [3.8, 4) is 5.75 Å². The molecule has 1 atom stereocenters. The number of ether oxygens (including phenoxy) is 2. The van der Waals surface area contributed by atoms with Crippen LogP contribution in [-0.2, 0) is 4.74 Å². The predicted octanol–water partition coefficient (Wildman–Crippen LogP) is 4.39. The molecule has 0 aromatic heterocycles. The molecule has 0 bridgehead atoms. The number of amides is 1. The van der Waals surface area contributed by atoms with Crippen LogP contribution in [0.3, 0.4) is 0 Å². The Balaban J connectivity index is 1.61. The molecule has 3 rings (SSSR count). The van der Waals surface area contributed by atoms with E-state index in [0.717, 1.165) is 11.1 Å². The molecule has 1 fully saturated rings. The quantitative estimate of drug-likeness (QED) is 0.825. The number of benzene rings is 2. The molecule has 0 saturated carbocycles. The Bertz CT molecular complexity index is 705. The van der Waals surface area contributed by atoms with Crippen LogP contribution >= 0.6 is 0 Å². The van der Waals surface area contributed by atoms with Gasteiger partial charge >= 0.3 is 6.09 Å². The van der Waals surface area contributed by atoms with Crippen LogP contribution in [0.4, 0.5) is 4.79 Å². The summed E-state index contributed by atoms with van der Waals surface area (Å²) in [5.41, 5.74) is -0.484. The van der Waals surface area contributed by atoms with Crippen LogP contribution in [0, 0.1) is 6.54 Å². The lowest BCUT2D eigenvalue weighted by atomic mass is 10.1. The van der Waals surface area contributed by atoms with Gasteiger partial charge in [0, 0.05) is 6.42 Å². The number of hydrogen-bond acceptors (Lipinski definition) is 3. The third-order valence-electron chi connectivity index (χ3n) is 3.64. The molecule has 1 aliphatic rings. The maximum absolute atomic E-state index is 12.1. The Morgan fingerprint density at radius 2 is 1.87 bits per heavy atom. The summed E-state index contributed by atoms with van der Waals surface area (Å²) in [5, 5.41) is 2.34. The normalized spacial score (nSPS) is 18.2. The highest BCUT2D eigenvalue weighted by Gasteiger charge is 2.31. The van der Waals surface area contributed by atoms with Gasteiger partial charge in [0.15, 0.2) is 0 Å². The molecule has 1 unspecified atom stereocenters. The molecule has 1 radical (unpaired) electrons. The van der Waals surface area contributed by atoms with Crippen LogP contribution in [0.25, 0.3) is 10.8 Å². The molecule has 1 aliphatic heterocycles. The predicted molar refractivity (Wildman–Crippen MR) is 90.2 cm³/mol. The van der Waals surface area contributed by atoms with Gasteiger partial charge < -0.3 is 9.47 Å². The molecule has 121 valence electrons. The maximum atomic E-state index is 12.1. The molecule has 1 amide bonds. The third kappa shape index (κ3) is 3.95. The first-order valence-corrected chi connectivity index (χ1v) is 7.89. The van der Waals surface area contributed by atoms with E-state index in [0.29, 0.717) is 13.0 Å². The van der Waals surface area contributed by atoms with Crippen molar-refractivity contribution in [2.45, 2.75) is 38.9 Å². The van der Waals surface area contributed by atoms with E-state index < -0.39 is 5.60 Å². The summed E-state index contributed by atoms with van der Waals surface area (Å²) in [6.07, 6.45) is 0.345. The van der Waals surface area contributed by atoms with Gasteiger partial charge in [-0.25, -0.2) is 4.79 Å². The minimum atomic E-state index is -0.484. The number of hydrogen-bond donors (Lipinski definition) is 0. The Morgan fingerprint density at radius 3 is 2.61 bits per heavy atom. The van der Waals surface area contributed by atoms with Crippen molar-refractivity contribution in [2.24, 2.45) is 0 Å². The van der Waals surface area contributed by atoms with E-state index in [1.807, 2.05) is 51.6 Å². The molecule has 2 aromatic carbocycles. The molecule has 23 heavy (non-hydrogen) atoms. The zero-order valence-corrected chi connectivity index (χ0v) is 13.8. The van der Waals surface area contributed by atoms with Crippen molar-refractivity contribution in [1.29, 1.82) is 0 Å². The minimum absolute atomic E-state index is 0.0383. The lowest BCUT2D eigenvalue weighted by Gasteiger charge is -2.24. The Morgan fingerprint density at radius 1 is 1.13 bits per heavy atom. The zero-order chi connectivity index (χ0) is 16.4.